The van der Waals surface area contributed by atoms with Crippen molar-refractivity contribution >= 4 is 12.0 Å². The van der Waals surface area contributed by atoms with E-state index < -0.39 is 18.0 Å². The van der Waals surface area contributed by atoms with E-state index in [1.807, 2.05) is 6.92 Å². The molecule has 0 aliphatic heterocycles. The van der Waals surface area contributed by atoms with Gasteiger partial charge >= 0.3 is 12.0 Å². The van der Waals surface area contributed by atoms with E-state index in [0.717, 1.165) is 12.8 Å². The quantitative estimate of drug-likeness (QED) is 0.642. The fourth-order valence-electron chi connectivity index (χ4n) is 1.78. The van der Waals surface area contributed by atoms with Crippen LogP contribution in [-0.2, 0) is 9.53 Å². The average molecular weight is 244 g/mol. The molecular weight excluding hydrogens is 224 g/mol. The minimum absolute atomic E-state index is 0.0952. The van der Waals surface area contributed by atoms with Gasteiger partial charge in [-0.25, -0.2) is 9.59 Å². The Labute approximate surface area is 101 Å². The van der Waals surface area contributed by atoms with E-state index in [-0.39, 0.29) is 12.1 Å². The fourth-order valence-corrected chi connectivity index (χ4v) is 1.78. The van der Waals surface area contributed by atoms with E-state index in [2.05, 4.69) is 10.6 Å². The van der Waals surface area contributed by atoms with Crippen LogP contribution in [0.5, 0.6) is 0 Å². The summed E-state index contributed by atoms with van der Waals surface area (Å²) < 4.78 is 5.36. The van der Waals surface area contributed by atoms with Crippen LogP contribution in [0.4, 0.5) is 4.79 Å². The van der Waals surface area contributed by atoms with Gasteiger partial charge < -0.3 is 20.5 Å². The SMILES string of the molecule is CCOC1CC(NC(=O)N[C@H](CC)C(=O)O)C1. The monoisotopic (exact) mass is 244 g/mol. The van der Waals surface area contributed by atoms with Gasteiger partial charge in [0.05, 0.1) is 6.10 Å². The zero-order valence-electron chi connectivity index (χ0n) is 10.2. The van der Waals surface area contributed by atoms with Crippen LogP contribution in [0.1, 0.15) is 33.1 Å². The highest BCUT2D eigenvalue weighted by atomic mass is 16.5. The molecule has 3 N–H and O–H groups in total. The number of hydrogen-bond donors (Lipinski definition) is 3. The Morgan fingerprint density at radius 3 is 2.53 bits per heavy atom. The third-order valence-corrected chi connectivity index (χ3v) is 2.84. The first kappa shape index (κ1) is 13.8. The maximum Gasteiger partial charge on any atom is 0.326 e. The highest BCUT2D eigenvalue weighted by Gasteiger charge is 2.31. The molecule has 0 aromatic heterocycles. The molecule has 1 atom stereocenters. The number of ether oxygens (including phenoxy) is 1. The smallest absolute Gasteiger partial charge is 0.326 e. The predicted octanol–water partition coefficient (Wildman–Crippen LogP) is 0.716. The van der Waals surface area contributed by atoms with Gasteiger partial charge in [-0.3, -0.25) is 0 Å². The first-order valence-electron chi connectivity index (χ1n) is 5.98. The van der Waals surface area contributed by atoms with E-state index in [9.17, 15) is 9.59 Å². The number of hydrogen-bond acceptors (Lipinski definition) is 3. The molecule has 0 bridgehead atoms. The molecule has 98 valence electrons. The summed E-state index contributed by atoms with van der Waals surface area (Å²) in [5.41, 5.74) is 0. The van der Waals surface area contributed by atoms with E-state index in [0.29, 0.717) is 13.0 Å². The van der Waals surface area contributed by atoms with Crippen molar-refractivity contribution in [3.8, 4) is 0 Å². The van der Waals surface area contributed by atoms with Gasteiger partial charge in [0.15, 0.2) is 0 Å². The van der Waals surface area contributed by atoms with Crippen LogP contribution in [-0.4, -0.2) is 41.9 Å². The van der Waals surface area contributed by atoms with Gasteiger partial charge in [-0.15, -0.1) is 0 Å². The van der Waals surface area contributed by atoms with Crippen LogP contribution in [0.3, 0.4) is 0 Å². The average Bonchev–Trinajstić information content (AvgIpc) is 2.22. The van der Waals surface area contributed by atoms with Crippen molar-refractivity contribution < 1.29 is 19.4 Å². The third kappa shape index (κ3) is 4.22. The number of carbonyl (C=O) groups is 2. The second-order valence-electron chi connectivity index (χ2n) is 4.16. The second kappa shape index (κ2) is 6.44. The number of carboxylic acids is 1. The molecule has 1 aliphatic carbocycles. The first-order chi connectivity index (χ1) is 8.06. The Kier molecular flexibility index (Phi) is 5.21. The Bertz CT molecular complexity index is 277. The molecule has 0 aromatic rings. The zero-order valence-corrected chi connectivity index (χ0v) is 10.2. The molecule has 1 fully saturated rings. The molecule has 2 amide bonds. The molecule has 6 nitrogen and oxygen atoms in total. The summed E-state index contributed by atoms with van der Waals surface area (Å²) in [6, 6.07) is -1.14. The number of carboxylic acid groups (broad SMARTS) is 1. The van der Waals surface area contributed by atoms with Crippen LogP contribution in [0, 0.1) is 0 Å². The van der Waals surface area contributed by atoms with Crippen LogP contribution >= 0.6 is 0 Å². The van der Waals surface area contributed by atoms with Crippen LogP contribution in [0.15, 0.2) is 0 Å². The number of carbonyl (C=O) groups excluding carboxylic acids is 1. The summed E-state index contributed by atoms with van der Waals surface area (Å²) >= 11 is 0. The van der Waals surface area contributed by atoms with Crippen molar-refractivity contribution in [3.05, 3.63) is 0 Å². The number of nitrogens with one attached hydrogen (secondary N) is 2. The van der Waals surface area contributed by atoms with E-state index in [1.165, 1.54) is 0 Å². The van der Waals surface area contributed by atoms with Gasteiger partial charge in [-0.2, -0.15) is 0 Å². The minimum atomic E-state index is -1.01. The third-order valence-electron chi connectivity index (χ3n) is 2.84. The Hall–Kier alpha value is -1.30. The van der Waals surface area contributed by atoms with Gasteiger partial charge in [-0.1, -0.05) is 6.92 Å². The van der Waals surface area contributed by atoms with E-state index in [4.69, 9.17) is 9.84 Å². The van der Waals surface area contributed by atoms with Crippen LogP contribution in [0.25, 0.3) is 0 Å². The van der Waals surface area contributed by atoms with Gasteiger partial charge in [0, 0.05) is 12.6 Å². The summed E-state index contributed by atoms with van der Waals surface area (Å²) in [5.74, 6) is -1.01. The van der Waals surface area contributed by atoms with Crippen molar-refractivity contribution in [1.29, 1.82) is 0 Å². The Morgan fingerprint density at radius 1 is 1.41 bits per heavy atom. The molecule has 1 saturated carbocycles. The number of aliphatic carboxylic acids is 1. The molecule has 1 aliphatic rings. The van der Waals surface area contributed by atoms with Crippen LogP contribution < -0.4 is 10.6 Å². The molecule has 17 heavy (non-hydrogen) atoms. The largest absolute Gasteiger partial charge is 0.480 e. The summed E-state index contributed by atoms with van der Waals surface area (Å²) in [6.07, 6.45) is 2.19. The number of rotatable bonds is 6. The van der Waals surface area contributed by atoms with Crippen LogP contribution in [0.2, 0.25) is 0 Å². The van der Waals surface area contributed by atoms with E-state index in [1.54, 1.807) is 6.92 Å². The highest BCUT2D eigenvalue weighted by molar-refractivity contribution is 5.82. The lowest BCUT2D eigenvalue weighted by molar-refractivity contribution is -0.139. The Morgan fingerprint density at radius 2 is 2.06 bits per heavy atom. The lowest BCUT2D eigenvalue weighted by atomic mass is 9.89. The van der Waals surface area contributed by atoms with Crippen molar-refractivity contribution in [3.63, 3.8) is 0 Å². The molecule has 0 radical (unpaired) electrons. The summed E-state index contributed by atoms with van der Waals surface area (Å²) in [7, 11) is 0. The zero-order chi connectivity index (χ0) is 12.8. The molecule has 0 aromatic carbocycles. The maximum atomic E-state index is 11.5. The van der Waals surface area contributed by atoms with Gasteiger partial charge in [-0.05, 0) is 26.2 Å². The lowest BCUT2D eigenvalue weighted by Gasteiger charge is -2.35. The topological polar surface area (TPSA) is 87.7 Å². The summed E-state index contributed by atoms with van der Waals surface area (Å²) in [5, 5.41) is 13.9. The molecule has 0 spiro atoms. The molecular formula is C11H20N2O4. The fraction of sp³-hybridized carbons (Fsp3) is 0.818. The molecule has 6 heteroatoms. The Balaban J connectivity index is 2.20. The van der Waals surface area contributed by atoms with Crippen molar-refractivity contribution in [2.75, 3.05) is 6.61 Å². The van der Waals surface area contributed by atoms with Gasteiger partial charge in [0.2, 0.25) is 0 Å². The summed E-state index contributed by atoms with van der Waals surface area (Å²) in [4.78, 5) is 22.2. The predicted molar refractivity (Wildman–Crippen MR) is 61.8 cm³/mol. The first-order valence-corrected chi connectivity index (χ1v) is 5.98. The normalized spacial score (nSPS) is 24.6. The lowest BCUT2D eigenvalue weighted by Crippen LogP contribution is -2.53. The number of urea groups is 1. The number of amides is 2. The summed E-state index contributed by atoms with van der Waals surface area (Å²) in [6.45, 7) is 4.33. The maximum absolute atomic E-state index is 11.5. The molecule has 0 saturated heterocycles. The molecule has 1 rings (SSSR count). The standard InChI is InChI=1S/C11H20N2O4/c1-3-9(10(14)15)13-11(16)12-7-5-8(6-7)17-4-2/h7-9H,3-6H2,1-2H3,(H,14,15)(H2,12,13,16)/t7?,8?,9-/m1/s1. The van der Waals surface area contributed by atoms with Crippen molar-refractivity contribution in [2.45, 2.75) is 51.3 Å². The molecule has 0 heterocycles. The van der Waals surface area contributed by atoms with Crippen molar-refractivity contribution in [1.82, 2.24) is 10.6 Å². The van der Waals surface area contributed by atoms with Gasteiger partial charge in [0.25, 0.3) is 0 Å². The van der Waals surface area contributed by atoms with E-state index >= 15 is 0 Å². The van der Waals surface area contributed by atoms with Crippen molar-refractivity contribution in [2.24, 2.45) is 0 Å². The molecule has 0 unspecified atom stereocenters. The second-order valence-corrected chi connectivity index (χ2v) is 4.16. The van der Waals surface area contributed by atoms with Gasteiger partial charge in [0.1, 0.15) is 6.04 Å². The highest BCUT2D eigenvalue weighted by Crippen LogP contribution is 2.22. The minimum Gasteiger partial charge on any atom is -0.480 e.